The number of carbonyl (C=O) groups is 1. The first-order valence-electron chi connectivity index (χ1n) is 9.27. The fourth-order valence-corrected chi connectivity index (χ4v) is 5.39. The number of sulfonamides is 1. The van der Waals surface area contributed by atoms with Gasteiger partial charge in [-0.05, 0) is 37.4 Å². The van der Waals surface area contributed by atoms with Crippen LogP contribution in [0, 0.1) is 6.92 Å². The van der Waals surface area contributed by atoms with Gasteiger partial charge in [-0.15, -0.1) is 10.2 Å². The largest absolute Gasteiger partial charge is 0.493 e. The maximum absolute atomic E-state index is 13.5. The molecule has 170 valence electrons. The highest BCUT2D eigenvalue weighted by Crippen LogP contribution is 2.32. The van der Waals surface area contributed by atoms with Gasteiger partial charge in [0.1, 0.15) is 6.54 Å². The van der Waals surface area contributed by atoms with Crippen LogP contribution in [0.5, 0.6) is 11.5 Å². The molecule has 1 N–H and O–H groups in total. The number of thioether (sulfide) groups is 1. The summed E-state index contributed by atoms with van der Waals surface area (Å²) in [6.07, 6.45) is 1.85. The number of nitrogens with zero attached hydrogens (tertiary/aromatic N) is 3. The third-order valence-corrected chi connectivity index (χ3v) is 7.96. The SMILES string of the molecule is COc1ccc(S(=O)(=O)N(CC(=O)Nc2nnc(SC)s2)c2ccc(C)cc2)cc1OC. The van der Waals surface area contributed by atoms with Crippen LogP contribution in [0.2, 0.25) is 0 Å². The number of methoxy groups -OCH3 is 2. The standard InChI is InChI=1S/C20H22N4O5S3/c1-13-5-7-14(8-6-13)24(12-18(25)21-19-22-23-20(30-4)31-19)32(26,27)15-9-10-16(28-2)17(11-15)29-3/h5-11H,12H2,1-4H3,(H,21,22,25). The average molecular weight is 495 g/mol. The van der Waals surface area contributed by atoms with Crippen LogP contribution in [-0.4, -0.2) is 51.5 Å². The molecule has 3 rings (SSSR count). The Balaban J connectivity index is 1.96. The molecule has 12 heteroatoms. The van der Waals surface area contributed by atoms with Gasteiger partial charge in [-0.1, -0.05) is 40.8 Å². The highest BCUT2D eigenvalue weighted by molar-refractivity contribution is 8.00. The molecular weight excluding hydrogens is 472 g/mol. The van der Waals surface area contributed by atoms with Gasteiger partial charge >= 0.3 is 0 Å². The molecule has 0 saturated heterocycles. The lowest BCUT2D eigenvalue weighted by Crippen LogP contribution is -2.38. The maximum Gasteiger partial charge on any atom is 0.264 e. The van der Waals surface area contributed by atoms with Crippen molar-refractivity contribution in [2.24, 2.45) is 0 Å². The molecule has 1 heterocycles. The molecule has 32 heavy (non-hydrogen) atoms. The number of anilines is 2. The minimum atomic E-state index is -4.11. The van der Waals surface area contributed by atoms with Crippen LogP contribution in [0.4, 0.5) is 10.8 Å². The van der Waals surface area contributed by atoms with Gasteiger partial charge < -0.3 is 9.47 Å². The van der Waals surface area contributed by atoms with Gasteiger partial charge in [-0.3, -0.25) is 14.4 Å². The highest BCUT2D eigenvalue weighted by Gasteiger charge is 2.28. The number of carbonyl (C=O) groups excluding carboxylic acids is 1. The number of aromatic nitrogens is 2. The van der Waals surface area contributed by atoms with Crippen molar-refractivity contribution in [2.75, 3.05) is 36.6 Å². The smallest absolute Gasteiger partial charge is 0.264 e. The van der Waals surface area contributed by atoms with E-state index in [1.54, 1.807) is 24.3 Å². The Morgan fingerprint density at radius 1 is 1.09 bits per heavy atom. The second-order valence-electron chi connectivity index (χ2n) is 6.49. The van der Waals surface area contributed by atoms with Crippen LogP contribution >= 0.6 is 23.1 Å². The number of nitrogens with one attached hydrogen (secondary N) is 1. The predicted octanol–water partition coefficient (Wildman–Crippen LogP) is 3.42. The highest BCUT2D eigenvalue weighted by atomic mass is 32.2. The predicted molar refractivity (Wildman–Crippen MR) is 126 cm³/mol. The Labute approximate surface area is 194 Å². The topological polar surface area (TPSA) is 111 Å². The maximum atomic E-state index is 13.5. The molecule has 0 aliphatic heterocycles. The van der Waals surface area contributed by atoms with Crippen molar-refractivity contribution < 1.29 is 22.7 Å². The van der Waals surface area contributed by atoms with Crippen LogP contribution in [-0.2, 0) is 14.8 Å². The van der Waals surface area contributed by atoms with Crippen LogP contribution in [0.3, 0.4) is 0 Å². The van der Waals surface area contributed by atoms with E-state index in [4.69, 9.17) is 9.47 Å². The van der Waals surface area contributed by atoms with Crippen molar-refractivity contribution in [3.63, 3.8) is 0 Å². The zero-order chi connectivity index (χ0) is 23.3. The molecule has 3 aromatic rings. The Kier molecular flexibility index (Phi) is 7.59. The third kappa shape index (κ3) is 5.31. The minimum Gasteiger partial charge on any atom is -0.493 e. The lowest BCUT2D eigenvalue weighted by Gasteiger charge is -2.24. The summed E-state index contributed by atoms with van der Waals surface area (Å²) in [5.74, 6) is 0.116. The van der Waals surface area contributed by atoms with Gasteiger partial charge in [0, 0.05) is 6.07 Å². The summed E-state index contributed by atoms with van der Waals surface area (Å²) < 4.78 is 39.3. The number of hydrogen-bond acceptors (Lipinski definition) is 9. The van der Waals surface area contributed by atoms with Crippen LogP contribution in [0.15, 0.2) is 51.7 Å². The zero-order valence-electron chi connectivity index (χ0n) is 17.9. The van der Waals surface area contributed by atoms with E-state index in [1.807, 2.05) is 13.2 Å². The average Bonchev–Trinajstić information content (AvgIpc) is 3.25. The summed E-state index contributed by atoms with van der Waals surface area (Å²) in [4.78, 5) is 12.7. The summed E-state index contributed by atoms with van der Waals surface area (Å²) in [5, 5.41) is 10.7. The molecule has 0 radical (unpaired) electrons. The minimum absolute atomic E-state index is 0.0379. The van der Waals surface area contributed by atoms with Gasteiger partial charge in [0.05, 0.1) is 24.8 Å². The third-order valence-electron chi connectivity index (χ3n) is 4.38. The molecule has 0 fully saturated rings. The fraction of sp³-hybridized carbons (Fsp3) is 0.250. The van der Waals surface area contributed by atoms with E-state index in [-0.39, 0.29) is 10.6 Å². The van der Waals surface area contributed by atoms with Crippen LogP contribution in [0.25, 0.3) is 0 Å². The molecule has 9 nitrogen and oxygen atoms in total. The number of benzene rings is 2. The quantitative estimate of drug-likeness (QED) is 0.356. The number of rotatable bonds is 9. The van der Waals surface area contributed by atoms with E-state index >= 15 is 0 Å². The van der Waals surface area contributed by atoms with Gasteiger partial charge in [0.15, 0.2) is 15.8 Å². The van der Waals surface area contributed by atoms with Crippen LogP contribution < -0.4 is 19.1 Å². The summed E-state index contributed by atoms with van der Waals surface area (Å²) in [5.41, 5.74) is 1.31. The van der Waals surface area contributed by atoms with Crippen molar-refractivity contribution in [2.45, 2.75) is 16.2 Å². The number of amides is 1. The molecular formula is C20H22N4O5S3. The summed E-state index contributed by atoms with van der Waals surface area (Å²) >= 11 is 2.61. The number of ether oxygens (including phenoxy) is 2. The molecule has 0 atom stereocenters. The van der Waals surface area contributed by atoms with Crippen molar-refractivity contribution in [3.8, 4) is 11.5 Å². The van der Waals surface area contributed by atoms with E-state index in [2.05, 4.69) is 15.5 Å². The first-order valence-corrected chi connectivity index (χ1v) is 12.8. The summed E-state index contributed by atoms with van der Waals surface area (Å²) in [6.45, 7) is 1.44. The van der Waals surface area contributed by atoms with Crippen LogP contribution in [0.1, 0.15) is 5.56 Å². The first-order chi connectivity index (χ1) is 15.3. The molecule has 0 bridgehead atoms. The van der Waals surface area contributed by atoms with E-state index in [1.165, 1.54) is 55.5 Å². The van der Waals surface area contributed by atoms with Gasteiger partial charge in [0.25, 0.3) is 10.0 Å². The first kappa shape index (κ1) is 23.8. The van der Waals surface area contributed by atoms with E-state index in [0.717, 1.165) is 9.87 Å². The van der Waals surface area contributed by atoms with Gasteiger partial charge in [0.2, 0.25) is 11.0 Å². The lowest BCUT2D eigenvalue weighted by atomic mass is 10.2. The zero-order valence-corrected chi connectivity index (χ0v) is 20.3. The summed E-state index contributed by atoms with van der Waals surface area (Å²) in [7, 11) is -1.23. The molecule has 0 aliphatic carbocycles. The monoisotopic (exact) mass is 494 g/mol. The summed E-state index contributed by atoms with van der Waals surface area (Å²) in [6, 6.07) is 11.1. The Morgan fingerprint density at radius 2 is 1.78 bits per heavy atom. The normalized spacial score (nSPS) is 11.1. The molecule has 0 unspecified atom stereocenters. The molecule has 0 spiro atoms. The van der Waals surface area contributed by atoms with Gasteiger partial charge in [-0.2, -0.15) is 0 Å². The molecule has 0 aliphatic rings. The van der Waals surface area contributed by atoms with Crippen molar-refractivity contribution in [1.82, 2.24) is 10.2 Å². The molecule has 1 amide bonds. The van der Waals surface area contributed by atoms with Crippen molar-refractivity contribution in [1.29, 1.82) is 0 Å². The van der Waals surface area contributed by atoms with E-state index in [0.29, 0.717) is 20.9 Å². The van der Waals surface area contributed by atoms with Crippen molar-refractivity contribution >= 4 is 49.8 Å². The van der Waals surface area contributed by atoms with E-state index < -0.39 is 22.5 Å². The second-order valence-corrected chi connectivity index (χ2v) is 10.4. The Hall–Kier alpha value is -2.83. The van der Waals surface area contributed by atoms with Crippen molar-refractivity contribution in [3.05, 3.63) is 48.0 Å². The Bertz CT molecular complexity index is 1200. The molecule has 0 saturated carbocycles. The fourth-order valence-electron chi connectivity index (χ4n) is 2.76. The van der Waals surface area contributed by atoms with E-state index in [9.17, 15) is 13.2 Å². The molecule has 1 aromatic heterocycles. The number of hydrogen-bond donors (Lipinski definition) is 1. The lowest BCUT2D eigenvalue weighted by molar-refractivity contribution is -0.114. The Morgan fingerprint density at radius 3 is 2.38 bits per heavy atom. The van der Waals surface area contributed by atoms with Gasteiger partial charge in [-0.25, -0.2) is 8.42 Å². The second kappa shape index (κ2) is 10.2. The number of aryl methyl sites for hydroxylation is 1. The molecule has 2 aromatic carbocycles.